The van der Waals surface area contributed by atoms with Crippen LogP contribution in [0, 0.1) is 5.41 Å². The van der Waals surface area contributed by atoms with E-state index in [1.807, 2.05) is 6.92 Å². The molecule has 0 unspecified atom stereocenters. The van der Waals surface area contributed by atoms with E-state index >= 15 is 0 Å². The molecule has 2 aliphatic rings. The maximum Gasteiger partial charge on any atom is 0.315 e. The first-order chi connectivity index (χ1) is 13.6. The minimum atomic E-state index is -0.397. The Balaban J connectivity index is 1.64. The summed E-state index contributed by atoms with van der Waals surface area (Å²) in [5.74, 6) is -0.121. The Morgan fingerprint density at radius 3 is 2.14 bits per heavy atom. The van der Waals surface area contributed by atoms with E-state index in [1.54, 1.807) is 0 Å². The number of nitrogens with zero attached hydrogens (tertiary/aromatic N) is 1. The van der Waals surface area contributed by atoms with Crippen molar-refractivity contribution in [3.8, 4) is 11.1 Å². The minimum Gasteiger partial charge on any atom is -0.468 e. The quantitative estimate of drug-likeness (QED) is 0.628. The van der Waals surface area contributed by atoms with Gasteiger partial charge in [-0.05, 0) is 65.0 Å². The van der Waals surface area contributed by atoms with E-state index in [-0.39, 0.29) is 16.8 Å². The van der Waals surface area contributed by atoms with Crippen LogP contribution in [-0.2, 0) is 20.4 Å². The molecule has 0 radical (unpaired) electrons. The maximum atomic E-state index is 12.0. The summed E-state index contributed by atoms with van der Waals surface area (Å²) in [6.07, 6.45) is 2.45. The first kappa shape index (κ1) is 20.0. The number of rotatable bonds is 3. The molecule has 3 heteroatoms. The van der Waals surface area contributed by atoms with E-state index < -0.39 is 5.41 Å². The van der Waals surface area contributed by atoms with Crippen LogP contribution in [0.15, 0.2) is 42.5 Å². The van der Waals surface area contributed by atoms with Gasteiger partial charge in [0.15, 0.2) is 0 Å². The lowest BCUT2D eigenvalue weighted by molar-refractivity contribution is -0.153. The molecule has 0 bridgehead atoms. The molecule has 2 aromatic carbocycles. The van der Waals surface area contributed by atoms with E-state index in [9.17, 15) is 4.79 Å². The Bertz CT molecular complexity index is 951. The first-order valence-electron chi connectivity index (χ1n) is 10.6. The van der Waals surface area contributed by atoms with Gasteiger partial charge < -0.3 is 9.64 Å². The zero-order chi connectivity index (χ0) is 21.0. The summed E-state index contributed by atoms with van der Waals surface area (Å²) in [7, 11) is 1.47. The van der Waals surface area contributed by atoms with Crippen molar-refractivity contribution in [2.45, 2.75) is 58.3 Å². The number of fused-ring (bicyclic) bond motifs is 1. The molecule has 0 saturated carbocycles. The summed E-state index contributed by atoms with van der Waals surface area (Å²) in [5.41, 5.74) is 6.69. The van der Waals surface area contributed by atoms with Crippen molar-refractivity contribution in [3.63, 3.8) is 0 Å². The Hall–Kier alpha value is -2.29. The second-order valence-electron chi connectivity index (χ2n) is 10.5. The number of hydrogen-bond acceptors (Lipinski definition) is 3. The van der Waals surface area contributed by atoms with Crippen molar-refractivity contribution in [2.75, 3.05) is 25.1 Å². The Morgan fingerprint density at radius 2 is 1.48 bits per heavy atom. The lowest BCUT2D eigenvalue weighted by atomic mass is 9.63. The van der Waals surface area contributed by atoms with Gasteiger partial charge >= 0.3 is 5.97 Å². The van der Waals surface area contributed by atoms with Crippen LogP contribution in [0.1, 0.15) is 58.6 Å². The van der Waals surface area contributed by atoms with Crippen molar-refractivity contribution < 1.29 is 9.53 Å². The van der Waals surface area contributed by atoms with E-state index in [0.29, 0.717) is 13.1 Å². The van der Waals surface area contributed by atoms with Gasteiger partial charge in [0.05, 0.1) is 12.5 Å². The average molecular weight is 392 g/mol. The fourth-order valence-electron chi connectivity index (χ4n) is 5.00. The normalized spacial score (nSPS) is 21.1. The van der Waals surface area contributed by atoms with Gasteiger partial charge in [-0.25, -0.2) is 0 Å². The topological polar surface area (TPSA) is 29.5 Å². The van der Waals surface area contributed by atoms with Crippen molar-refractivity contribution in [3.05, 3.63) is 53.6 Å². The van der Waals surface area contributed by atoms with Crippen molar-refractivity contribution >= 4 is 11.7 Å². The third-order valence-corrected chi connectivity index (χ3v) is 7.16. The van der Waals surface area contributed by atoms with Gasteiger partial charge in [-0.3, -0.25) is 4.79 Å². The molecular weight excluding hydrogens is 358 g/mol. The maximum absolute atomic E-state index is 12.0. The highest BCUT2D eigenvalue weighted by molar-refractivity contribution is 5.81. The molecule has 0 amide bonds. The Kier molecular flexibility index (Phi) is 4.56. The largest absolute Gasteiger partial charge is 0.468 e. The van der Waals surface area contributed by atoms with Crippen molar-refractivity contribution in [1.29, 1.82) is 0 Å². The number of ether oxygens (including phenoxy) is 1. The van der Waals surface area contributed by atoms with Crippen LogP contribution in [-0.4, -0.2) is 26.2 Å². The predicted octanol–water partition coefficient (Wildman–Crippen LogP) is 5.70. The Labute approximate surface area is 175 Å². The van der Waals surface area contributed by atoms with Crippen LogP contribution < -0.4 is 4.90 Å². The van der Waals surface area contributed by atoms with Gasteiger partial charge in [0.25, 0.3) is 0 Å². The highest BCUT2D eigenvalue weighted by Crippen LogP contribution is 2.47. The summed E-state index contributed by atoms with van der Waals surface area (Å²) in [6.45, 7) is 12.9. The number of carbonyl (C=O) groups excluding carboxylic acids is 1. The van der Waals surface area contributed by atoms with Gasteiger partial charge in [-0.15, -0.1) is 0 Å². The monoisotopic (exact) mass is 391 g/mol. The first-order valence-corrected chi connectivity index (χ1v) is 10.6. The smallest absolute Gasteiger partial charge is 0.315 e. The van der Waals surface area contributed by atoms with E-state index in [4.69, 9.17) is 4.74 Å². The summed E-state index contributed by atoms with van der Waals surface area (Å²) < 4.78 is 4.96. The van der Waals surface area contributed by atoms with Gasteiger partial charge in [0, 0.05) is 18.8 Å². The van der Waals surface area contributed by atoms with Crippen LogP contribution in [0.5, 0.6) is 0 Å². The van der Waals surface area contributed by atoms with Crippen LogP contribution in [0.2, 0.25) is 0 Å². The molecule has 1 saturated heterocycles. The summed E-state index contributed by atoms with van der Waals surface area (Å²) >= 11 is 0. The average Bonchev–Trinajstić information content (AvgIpc) is 2.68. The van der Waals surface area contributed by atoms with E-state index in [1.165, 1.54) is 47.9 Å². The lowest BCUT2D eigenvalue weighted by Gasteiger charge is -2.47. The molecule has 0 N–H and O–H groups in total. The number of carbonyl (C=O) groups is 1. The molecule has 4 rings (SSSR count). The zero-order valence-corrected chi connectivity index (χ0v) is 18.6. The number of methoxy groups -OCH3 is 1. The van der Waals surface area contributed by atoms with Crippen LogP contribution in [0.4, 0.5) is 5.69 Å². The molecular formula is C26H33NO2. The second-order valence-corrected chi connectivity index (χ2v) is 10.5. The number of hydrogen-bond donors (Lipinski definition) is 0. The van der Waals surface area contributed by atoms with Crippen LogP contribution >= 0.6 is 0 Å². The summed E-state index contributed by atoms with van der Waals surface area (Å²) in [5, 5.41) is 0. The number of esters is 1. The Morgan fingerprint density at radius 1 is 0.862 bits per heavy atom. The minimum absolute atomic E-state index is 0.121. The molecule has 1 heterocycles. The molecule has 1 aliphatic carbocycles. The SMILES string of the molecule is COC(=O)C1(C)CN(c2cccc(-c3ccc4c(c3)C(C)(C)CCC4(C)C)c2)C1. The van der Waals surface area contributed by atoms with Crippen LogP contribution in [0.25, 0.3) is 11.1 Å². The second kappa shape index (κ2) is 6.62. The van der Waals surface area contributed by atoms with Crippen LogP contribution in [0.3, 0.4) is 0 Å². The molecule has 2 aromatic rings. The molecule has 0 aromatic heterocycles. The number of anilines is 1. The highest BCUT2D eigenvalue weighted by atomic mass is 16.5. The van der Waals surface area contributed by atoms with Gasteiger partial charge in [-0.1, -0.05) is 58.0 Å². The standard InChI is InChI=1S/C26H33NO2/c1-24(2)12-13-25(3,4)22-15-19(10-11-21(22)24)18-8-7-9-20(14-18)27-16-26(5,17-27)23(28)29-6/h7-11,14-15H,12-13,16-17H2,1-6H3. The molecule has 1 fully saturated rings. The molecule has 0 atom stereocenters. The lowest BCUT2D eigenvalue weighted by Crippen LogP contribution is -2.59. The van der Waals surface area contributed by atoms with Gasteiger partial charge in [0.2, 0.25) is 0 Å². The van der Waals surface area contributed by atoms with Crippen molar-refractivity contribution in [2.24, 2.45) is 5.41 Å². The highest BCUT2D eigenvalue weighted by Gasteiger charge is 2.46. The van der Waals surface area contributed by atoms with Gasteiger partial charge in [-0.2, -0.15) is 0 Å². The predicted molar refractivity (Wildman–Crippen MR) is 120 cm³/mol. The molecule has 3 nitrogen and oxygen atoms in total. The third kappa shape index (κ3) is 3.35. The molecule has 0 spiro atoms. The molecule has 154 valence electrons. The third-order valence-electron chi connectivity index (χ3n) is 7.16. The molecule has 29 heavy (non-hydrogen) atoms. The van der Waals surface area contributed by atoms with E-state index in [0.717, 1.165) is 0 Å². The molecule has 1 aliphatic heterocycles. The summed E-state index contributed by atoms with van der Waals surface area (Å²) in [6, 6.07) is 15.7. The fourth-order valence-corrected chi connectivity index (χ4v) is 5.00. The zero-order valence-electron chi connectivity index (χ0n) is 18.6. The summed E-state index contributed by atoms with van der Waals surface area (Å²) in [4.78, 5) is 14.2. The van der Waals surface area contributed by atoms with Gasteiger partial charge in [0.1, 0.15) is 0 Å². The fraction of sp³-hybridized carbons (Fsp3) is 0.500. The van der Waals surface area contributed by atoms with E-state index in [2.05, 4.69) is 75.1 Å². The number of benzene rings is 2. The van der Waals surface area contributed by atoms with Crippen molar-refractivity contribution in [1.82, 2.24) is 0 Å².